The Labute approximate surface area is 533 Å². The van der Waals surface area contributed by atoms with Gasteiger partial charge < -0.3 is 143 Å². The lowest BCUT2D eigenvalue weighted by molar-refractivity contribution is -0.423. The minimum absolute atomic E-state index is 0.00402. The predicted molar refractivity (Wildman–Crippen MR) is 304 cm³/mol. The number of carbonyl (C=O) groups excluding carboxylic acids is 5. The lowest BCUT2D eigenvalue weighted by atomic mass is 9.95. The number of aliphatic hydroxyl groups is 12. The number of benzene rings is 3. The summed E-state index contributed by atoms with van der Waals surface area (Å²) in [4.78, 5) is 67.5. The highest BCUT2D eigenvalue weighted by molar-refractivity contribution is 5.90. The molecule has 518 valence electrons. The minimum Gasteiger partial charge on any atom is -0.508 e. The molecule has 0 saturated carbocycles. The Morgan fingerprint density at radius 2 is 1.02 bits per heavy atom. The molecule has 94 heavy (non-hydrogen) atoms. The number of hydrogen-bond donors (Lipinski definition) is 14. The van der Waals surface area contributed by atoms with Gasteiger partial charge in [0.25, 0.3) is 0 Å². The van der Waals surface area contributed by atoms with Crippen molar-refractivity contribution in [1.82, 2.24) is 0 Å². The zero-order valence-corrected chi connectivity index (χ0v) is 50.2. The number of ether oxygens (including phenoxy) is 15. The summed E-state index contributed by atoms with van der Waals surface area (Å²) < 4.78 is 89.0. The number of phenolic OH excluding ortho intramolecular Hbond substituents is 2. The zero-order chi connectivity index (χ0) is 68.3. The van der Waals surface area contributed by atoms with Gasteiger partial charge in [-0.25, -0.2) is 14.4 Å². The summed E-state index contributed by atoms with van der Waals surface area (Å²) in [6, 6.07) is 16.3. The van der Waals surface area contributed by atoms with Crippen molar-refractivity contribution >= 4 is 42.0 Å². The van der Waals surface area contributed by atoms with Crippen LogP contribution in [-0.2, 0) is 85.5 Å². The molecule has 5 heterocycles. The average molecular weight is 1340 g/mol. The first kappa shape index (κ1) is 72.9. The smallest absolute Gasteiger partial charge is 0.338 e. The van der Waals surface area contributed by atoms with Gasteiger partial charge in [-0.2, -0.15) is 0 Å². The second-order valence-corrected chi connectivity index (χ2v) is 22.0. The van der Waals surface area contributed by atoms with Crippen LogP contribution in [0.4, 0.5) is 0 Å². The first-order valence-corrected chi connectivity index (χ1v) is 29.1. The van der Waals surface area contributed by atoms with E-state index in [0.717, 1.165) is 26.0 Å². The Balaban J connectivity index is 1.30. The maximum atomic E-state index is 14.3. The standard InChI is InChI=1S/C60H74O34/c1-26(64)81-23-37-43(72)51(89-56-47(76)45(74)41(70)34(20-61)84-56)49(78)58(86-37)90-52-50(88-40(69)18-12-28-9-14-31(66)15-10-28)38(24-82-27(2)65)87-59(53(52)91-57-48(77)46(75)42(71)35(21-62)85-57)94-60(25-83-39(68)17-13-29-11-16-32(67)33(19-29)80-3)54(44(73)36(22-63)93-60)92-55(79)30-7-5-4-6-8-30/h4-19,34-38,41-54,56-59,61-63,66-67,70-78H,20-25H2,1-3H3/t34-,35-,36-,37-,38-,41-,42-,43-,44-,45+,46+,47-,48-,49-,50-,51+,52+,53-,54+,56+,57+,58+,59-,60+/m1/s1. The maximum Gasteiger partial charge on any atom is 0.338 e. The number of aromatic hydroxyl groups is 2. The summed E-state index contributed by atoms with van der Waals surface area (Å²) in [5.74, 6) is -9.17. The van der Waals surface area contributed by atoms with Gasteiger partial charge >= 0.3 is 29.8 Å². The van der Waals surface area contributed by atoms with E-state index < -0.39 is 216 Å². The van der Waals surface area contributed by atoms with Crippen LogP contribution < -0.4 is 4.74 Å². The molecule has 34 heteroatoms. The van der Waals surface area contributed by atoms with Crippen molar-refractivity contribution in [3.63, 3.8) is 0 Å². The van der Waals surface area contributed by atoms with E-state index in [9.17, 15) is 95.5 Å². The van der Waals surface area contributed by atoms with Crippen LogP contribution in [0.2, 0.25) is 0 Å². The van der Waals surface area contributed by atoms with Crippen LogP contribution >= 0.6 is 0 Å². The Morgan fingerprint density at radius 1 is 0.500 bits per heavy atom. The van der Waals surface area contributed by atoms with Gasteiger partial charge in [0.1, 0.15) is 129 Å². The monoisotopic (exact) mass is 1340 g/mol. The van der Waals surface area contributed by atoms with Crippen LogP contribution in [-0.4, -0.2) is 295 Å². The number of phenols is 2. The average Bonchev–Trinajstić information content (AvgIpc) is 1.56. The molecule has 5 aliphatic heterocycles. The molecule has 5 aliphatic rings. The largest absolute Gasteiger partial charge is 0.508 e. The summed E-state index contributed by atoms with van der Waals surface area (Å²) in [5.41, 5.74) is 0.405. The van der Waals surface area contributed by atoms with E-state index >= 15 is 0 Å². The Kier molecular flexibility index (Phi) is 25.3. The molecule has 5 fully saturated rings. The summed E-state index contributed by atoms with van der Waals surface area (Å²) in [5, 5.41) is 154. The molecule has 34 nitrogen and oxygen atoms in total. The molecule has 0 aromatic heterocycles. The summed E-state index contributed by atoms with van der Waals surface area (Å²) >= 11 is 0. The van der Waals surface area contributed by atoms with E-state index in [0.29, 0.717) is 5.56 Å². The van der Waals surface area contributed by atoms with E-state index in [1.165, 1.54) is 86.0 Å². The SMILES string of the molecule is COc1cc(C=CC(=O)OC[C@@]2(O[C@H]3O[C@H](COC(C)=O)[C@@H](OC(=O)C=Cc4ccc(O)cc4)[C@H](O[C@@H]4O[C@H](COC(C)=O)[C@@H](O)[C@H](O[C@@H]5O[C@H](CO)[C@@H](O)[C@H](O)[C@H]5O)[C@H]4O)[C@H]3O[C@@H]3O[C@H](CO)[C@@H](O)[C@H](O)[C@H]3O)O[C@H](CO)[C@@H](O)[C@@H]2OC(=O)c2ccccc2)ccc1O. The third-order valence-electron chi connectivity index (χ3n) is 15.5. The van der Waals surface area contributed by atoms with Crippen molar-refractivity contribution in [2.24, 2.45) is 0 Å². The predicted octanol–water partition coefficient (Wildman–Crippen LogP) is -4.97. The summed E-state index contributed by atoms with van der Waals surface area (Å²) in [6.07, 6.45) is -45.8. The molecule has 8 rings (SSSR count). The fourth-order valence-corrected chi connectivity index (χ4v) is 10.5. The molecule has 0 radical (unpaired) electrons. The number of carbonyl (C=O) groups is 5. The van der Waals surface area contributed by atoms with Crippen LogP contribution in [0.3, 0.4) is 0 Å². The van der Waals surface area contributed by atoms with Gasteiger partial charge in [0, 0.05) is 26.0 Å². The Hall–Kier alpha value is -6.95. The van der Waals surface area contributed by atoms with Crippen LogP contribution in [0.5, 0.6) is 17.2 Å². The molecule has 0 aliphatic carbocycles. The van der Waals surface area contributed by atoms with Crippen LogP contribution in [0.25, 0.3) is 12.2 Å². The van der Waals surface area contributed by atoms with Crippen molar-refractivity contribution in [2.75, 3.05) is 46.8 Å². The zero-order valence-electron chi connectivity index (χ0n) is 50.2. The number of methoxy groups -OCH3 is 1. The van der Waals surface area contributed by atoms with E-state index in [2.05, 4.69) is 0 Å². The van der Waals surface area contributed by atoms with Gasteiger partial charge in [-0.05, 0) is 59.7 Å². The van der Waals surface area contributed by atoms with Crippen molar-refractivity contribution in [3.8, 4) is 17.2 Å². The highest BCUT2D eigenvalue weighted by Gasteiger charge is 2.64. The molecule has 5 saturated heterocycles. The molecule has 0 spiro atoms. The van der Waals surface area contributed by atoms with Gasteiger partial charge in [-0.1, -0.05) is 36.4 Å². The van der Waals surface area contributed by atoms with E-state index in [1.807, 2.05) is 0 Å². The molecule has 0 amide bonds. The molecule has 0 bridgehead atoms. The fraction of sp³-hybridized carbons (Fsp3) is 0.550. The number of rotatable bonds is 25. The van der Waals surface area contributed by atoms with Gasteiger partial charge in [0.2, 0.25) is 5.79 Å². The van der Waals surface area contributed by atoms with Gasteiger partial charge in [0.05, 0.1) is 32.5 Å². The topological polar surface area (TPSA) is 507 Å². The fourth-order valence-electron chi connectivity index (χ4n) is 10.5. The van der Waals surface area contributed by atoms with Gasteiger partial charge in [0.15, 0.2) is 48.9 Å². The first-order valence-electron chi connectivity index (χ1n) is 29.1. The second-order valence-electron chi connectivity index (χ2n) is 22.0. The Bertz CT molecular complexity index is 3060. The maximum absolute atomic E-state index is 14.3. The van der Waals surface area contributed by atoms with Crippen molar-refractivity contribution < 1.29 is 167 Å². The molecule has 0 unspecified atom stereocenters. The normalized spacial score (nSPS) is 36.0. The minimum atomic E-state index is -3.03. The summed E-state index contributed by atoms with van der Waals surface area (Å²) in [7, 11) is 1.27. The van der Waals surface area contributed by atoms with E-state index in [4.69, 9.17) is 71.1 Å². The van der Waals surface area contributed by atoms with Crippen molar-refractivity contribution in [1.29, 1.82) is 0 Å². The first-order chi connectivity index (χ1) is 44.8. The van der Waals surface area contributed by atoms with Gasteiger partial charge in [-0.3, -0.25) is 9.59 Å². The molecule has 14 N–H and O–H groups in total. The van der Waals surface area contributed by atoms with Crippen LogP contribution in [0, 0.1) is 0 Å². The molecular weight excluding hydrogens is 1260 g/mol. The molecule has 3 aromatic carbocycles. The molecule has 24 atom stereocenters. The number of aliphatic hydroxyl groups excluding tert-OH is 12. The third-order valence-corrected chi connectivity index (χ3v) is 15.5. The van der Waals surface area contributed by atoms with E-state index in [-0.39, 0.29) is 28.4 Å². The van der Waals surface area contributed by atoms with Gasteiger partial charge in [-0.15, -0.1) is 0 Å². The lowest BCUT2D eigenvalue weighted by Crippen LogP contribution is -2.69. The number of esters is 5. The third kappa shape index (κ3) is 17.4. The number of hydrogen-bond acceptors (Lipinski definition) is 34. The van der Waals surface area contributed by atoms with Crippen LogP contribution in [0.15, 0.2) is 84.9 Å². The van der Waals surface area contributed by atoms with Crippen LogP contribution in [0.1, 0.15) is 35.3 Å². The second kappa shape index (κ2) is 32.7. The van der Waals surface area contributed by atoms with E-state index in [1.54, 1.807) is 6.07 Å². The highest BCUT2D eigenvalue weighted by Crippen LogP contribution is 2.43. The Morgan fingerprint density at radius 3 is 1.61 bits per heavy atom. The van der Waals surface area contributed by atoms with Crippen molar-refractivity contribution in [2.45, 2.75) is 161 Å². The molecule has 3 aromatic rings. The summed E-state index contributed by atoms with van der Waals surface area (Å²) in [6.45, 7) is -4.51. The highest BCUT2D eigenvalue weighted by atomic mass is 16.8. The van der Waals surface area contributed by atoms with Crippen molar-refractivity contribution in [3.05, 3.63) is 102 Å². The lowest BCUT2D eigenvalue weighted by Gasteiger charge is -2.51. The quantitative estimate of drug-likeness (QED) is 0.0215. The molecular formula is C60H74O34.